The molecule has 0 radical (unpaired) electrons. The first-order valence-corrected chi connectivity index (χ1v) is 16.7. The Morgan fingerprint density at radius 1 is 1.04 bits per heavy atom. The van der Waals surface area contributed by atoms with E-state index >= 15 is 8.78 Å². The summed E-state index contributed by atoms with van der Waals surface area (Å²) in [7, 11) is 0. The maximum absolute atomic E-state index is 16.9. The van der Waals surface area contributed by atoms with Crippen molar-refractivity contribution in [1.29, 1.82) is 0 Å². The second kappa shape index (κ2) is 11.6. The fourth-order valence-corrected chi connectivity index (χ4v) is 8.09. The number of phenolic OH excluding ortho intramolecular Hbond substituents is 1. The van der Waals surface area contributed by atoms with Gasteiger partial charge in [0.1, 0.15) is 28.7 Å². The summed E-state index contributed by atoms with van der Waals surface area (Å²) in [5.41, 5.74) is -0.740. The maximum Gasteiger partial charge on any atom is 0.319 e. The van der Waals surface area contributed by atoms with Gasteiger partial charge in [-0.15, -0.1) is 6.42 Å². The SMILES string of the molecule is C#Cc1c(F)ccc2cc(O)cc(-c3c(F)cc4c(N5CC6CCC(C5)N6)nc(OCC5(CN6CCC[C@H](C)C6)CC5)nc4c3F)c12. The lowest BCUT2D eigenvalue weighted by atomic mass is 9.92. The number of phenols is 1. The molecule has 10 heteroatoms. The fourth-order valence-electron chi connectivity index (χ4n) is 8.09. The number of fused-ring (bicyclic) bond motifs is 4. The van der Waals surface area contributed by atoms with Crippen LogP contribution in [-0.4, -0.2) is 71.4 Å². The highest BCUT2D eigenvalue weighted by atomic mass is 19.1. The molecule has 3 aliphatic heterocycles. The van der Waals surface area contributed by atoms with Gasteiger partial charge in [-0.05, 0) is 80.6 Å². The minimum Gasteiger partial charge on any atom is -0.508 e. The van der Waals surface area contributed by atoms with Gasteiger partial charge in [0, 0.05) is 60.0 Å². The zero-order valence-corrected chi connectivity index (χ0v) is 26.5. The van der Waals surface area contributed by atoms with Gasteiger partial charge in [0.2, 0.25) is 0 Å². The molecule has 0 spiro atoms. The largest absolute Gasteiger partial charge is 0.508 e. The quantitative estimate of drug-likeness (QED) is 0.227. The molecular formula is C37H38F3N5O2. The molecule has 3 saturated heterocycles. The van der Waals surface area contributed by atoms with Gasteiger partial charge < -0.3 is 25.0 Å². The third-order valence-electron chi connectivity index (χ3n) is 10.6. The number of nitrogens with one attached hydrogen (secondary N) is 1. The average molecular weight is 642 g/mol. The van der Waals surface area contributed by atoms with Gasteiger partial charge in [0.25, 0.3) is 0 Å². The lowest BCUT2D eigenvalue weighted by molar-refractivity contribution is 0.119. The number of piperidine rings is 1. The van der Waals surface area contributed by atoms with Crippen LogP contribution >= 0.6 is 0 Å². The number of likely N-dealkylation sites (tertiary alicyclic amines) is 1. The monoisotopic (exact) mass is 641 g/mol. The van der Waals surface area contributed by atoms with Crippen LogP contribution in [0.4, 0.5) is 19.0 Å². The van der Waals surface area contributed by atoms with Crippen molar-refractivity contribution >= 4 is 27.5 Å². The molecule has 4 aromatic rings. The molecule has 2 unspecified atom stereocenters. The summed E-state index contributed by atoms with van der Waals surface area (Å²) in [6.07, 6.45) is 12.3. The van der Waals surface area contributed by atoms with E-state index in [1.54, 1.807) is 0 Å². The van der Waals surface area contributed by atoms with Crippen molar-refractivity contribution in [3.05, 3.63) is 53.3 Å². The number of hydrogen-bond donors (Lipinski definition) is 2. The van der Waals surface area contributed by atoms with Crippen LogP contribution in [0.25, 0.3) is 32.8 Å². The molecule has 244 valence electrons. The lowest BCUT2D eigenvalue weighted by Gasteiger charge is -2.34. The first-order valence-electron chi connectivity index (χ1n) is 16.7. The van der Waals surface area contributed by atoms with E-state index in [0.29, 0.717) is 36.8 Å². The van der Waals surface area contributed by atoms with Crippen molar-refractivity contribution in [2.75, 3.05) is 44.2 Å². The molecule has 4 heterocycles. The summed E-state index contributed by atoms with van der Waals surface area (Å²) in [5.74, 6) is 0.657. The Balaban J connectivity index is 1.23. The summed E-state index contributed by atoms with van der Waals surface area (Å²) < 4.78 is 54.3. The van der Waals surface area contributed by atoms with E-state index in [-0.39, 0.29) is 56.7 Å². The molecule has 1 saturated carbocycles. The Morgan fingerprint density at radius 2 is 1.83 bits per heavy atom. The minimum atomic E-state index is -0.950. The molecule has 0 amide bonds. The summed E-state index contributed by atoms with van der Waals surface area (Å²) in [6, 6.07) is 7.00. The molecule has 2 bridgehead atoms. The van der Waals surface area contributed by atoms with Gasteiger partial charge in [-0.1, -0.05) is 18.9 Å². The highest BCUT2D eigenvalue weighted by molar-refractivity contribution is 6.04. The Kier molecular flexibility index (Phi) is 7.45. The standard InChI is InChI=1S/C37H38F3N5O2/c1-3-26-29(38)9-6-22-13-25(46)14-27(31(22)26)32-30(39)15-28-34(33(32)40)42-36(43-35(28)45-17-23-7-8-24(18-45)41-23)47-20-37(10-11-37)19-44-12-4-5-21(2)16-44/h1,6,9,13-15,21,23-24,41,46H,4-5,7-8,10-12,16-20H2,2H3/t21-,23?,24?/m0/s1. The number of nitrogens with zero attached hydrogens (tertiary/aromatic N) is 4. The number of aromatic hydroxyl groups is 1. The molecule has 7 nitrogen and oxygen atoms in total. The van der Waals surface area contributed by atoms with Crippen LogP contribution in [0.15, 0.2) is 30.3 Å². The highest BCUT2D eigenvalue weighted by Crippen LogP contribution is 2.47. The maximum atomic E-state index is 16.9. The van der Waals surface area contributed by atoms with Crippen molar-refractivity contribution in [2.45, 2.75) is 57.5 Å². The van der Waals surface area contributed by atoms with Gasteiger partial charge in [-0.2, -0.15) is 9.97 Å². The van der Waals surface area contributed by atoms with Crippen molar-refractivity contribution in [3.8, 4) is 35.2 Å². The van der Waals surface area contributed by atoms with E-state index in [1.807, 2.05) is 0 Å². The summed E-state index contributed by atoms with van der Waals surface area (Å²) in [4.78, 5) is 14.0. The summed E-state index contributed by atoms with van der Waals surface area (Å²) in [6.45, 7) is 7.11. The van der Waals surface area contributed by atoms with Crippen molar-refractivity contribution in [1.82, 2.24) is 20.2 Å². The molecule has 3 aromatic carbocycles. The van der Waals surface area contributed by atoms with Gasteiger partial charge in [0.15, 0.2) is 5.82 Å². The molecule has 8 rings (SSSR count). The van der Waals surface area contributed by atoms with Crippen molar-refractivity contribution in [2.24, 2.45) is 11.3 Å². The van der Waals surface area contributed by atoms with Crippen LogP contribution < -0.4 is 15.0 Å². The van der Waals surface area contributed by atoms with E-state index in [2.05, 4.69) is 32.9 Å². The van der Waals surface area contributed by atoms with Crippen molar-refractivity contribution in [3.63, 3.8) is 0 Å². The topological polar surface area (TPSA) is 73.8 Å². The molecule has 4 aliphatic rings. The number of terminal acetylenes is 1. The molecule has 2 N–H and O–H groups in total. The normalized spacial score (nSPS) is 23.7. The molecule has 1 aliphatic carbocycles. The van der Waals surface area contributed by atoms with E-state index in [0.717, 1.165) is 45.3 Å². The van der Waals surface area contributed by atoms with Crippen molar-refractivity contribution < 1.29 is 23.0 Å². The molecule has 4 fully saturated rings. The van der Waals surface area contributed by atoms with Crippen LogP contribution in [0.1, 0.15) is 51.0 Å². The van der Waals surface area contributed by atoms with Gasteiger partial charge >= 0.3 is 6.01 Å². The highest BCUT2D eigenvalue weighted by Gasteiger charge is 2.45. The second-order valence-electron chi connectivity index (χ2n) is 14.2. The van der Waals surface area contributed by atoms with E-state index < -0.39 is 23.0 Å². The van der Waals surface area contributed by atoms with Crippen LogP contribution in [-0.2, 0) is 0 Å². The lowest BCUT2D eigenvalue weighted by Crippen LogP contribution is -2.51. The number of benzene rings is 3. The number of halogens is 3. The summed E-state index contributed by atoms with van der Waals surface area (Å²) >= 11 is 0. The zero-order chi connectivity index (χ0) is 32.4. The van der Waals surface area contributed by atoms with Crippen LogP contribution in [0, 0.1) is 41.1 Å². The van der Waals surface area contributed by atoms with E-state index in [4.69, 9.17) is 16.1 Å². The Morgan fingerprint density at radius 3 is 2.55 bits per heavy atom. The average Bonchev–Trinajstić information content (AvgIpc) is 3.73. The number of rotatable bonds is 7. The molecular weight excluding hydrogens is 603 g/mol. The van der Waals surface area contributed by atoms with Gasteiger partial charge in [-0.25, -0.2) is 13.2 Å². The van der Waals surface area contributed by atoms with Crippen LogP contribution in [0.5, 0.6) is 11.8 Å². The predicted molar refractivity (Wildman–Crippen MR) is 176 cm³/mol. The number of hydrogen-bond acceptors (Lipinski definition) is 7. The first kappa shape index (κ1) is 30.3. The van der Waals surface area contributed by atoms with E-state index in [1.165, 1.54) is 43.2 Å². The molecule has 3 atom stereocenters. The number of ether oxygens (including phenoxy) is 1. The third-order valence-corrected chi connectivity index (χ3v) is 10.6. The van der Waals surface area contributed by atoms with Crippen LogP contribution in [0.3, 0.4) is 0 Å². The van der Waals surface area contributed by atoms with Gasteiger partial charge in [0.05, 0.1) is 17.7 Å². The predicted octanol–water partition coefficient (Wildman–Crippen LogP) is 6.39. The molecule has 47 heavy (non-hydrogen) atoms. The number of anilines is 1. The Hall–Kier alpha value is -4.07. The molecule has 1 aromatic heterocycles. The smallest absolute Gasteiger partial charge is 0.319 e. The van der Waals surface area contributed by atoms with Crippen LogP contribution in [0.2, 0.25) is 0 Å². The number of aromatic nitrogens is 2. The third kappa shape index (κ3) is 5.53. The minimum absolute atomic E-state index is 0.00632. The first-order chi connectivity index (χ1) is 22.7. The second-order valence-corrected chi connectivity index (χ2v) is 14.2. The van der Waals surface area contributed by atoms with E-state index in [9.17, 15) is 9.50 Å². The Labute approximate surface area is 272 Å². The fraction of sp³-hybridized carbons (Fsp3) is 0.459. The zero-order valence-electron chi connectivity index (χ0n) is 26.5. The van der Waals surface area contributed by atoms with Gasteiger partial charge in [-0.3, -0.25) is 0 Å². The summed E-state index contributed by atoms with van der Waals surface area (Å²) in [5, 5.41) is 14.9. The Bertz CT molecular complexity index is 1930. The number of piperazine rings is 1.